The van der Waals surface area contributed by atoms with E-state index in [4.69, 9.17) is 10.5 Å². The molecule has 0 unspecified atom stereocenters. The van der Waals surface area contributed by atoms with Crippen LogP contribution in [0, 0.1) is 11.3 Å². The topological polar surface area (TPSA) is 72.6 Å². The van der Waals surface area contributed by atoms with Crippen molar-refractivity contribution in [1.82, 2.24) is 4.90 Å². The van der Waals surface area contributed by atoms with Crippen molar-refractivity contribution < 1.29 is 23.1 Å². The number of nitrogens with zero attached hydrogens (tertiary/aromatic N) is 1. The van der Waals surface area contributed by atoms with E-state index in [1.54, 1.807) is 4.90 Å². The summed E-state index contributed by atoms with van der Waals surface area (Å²) in [5, 5.41) is 0. The van der Waals surface area contributed by atoms with Crippen LogP contribution in [-0.4, -0.2) is 47.9 Å². The summed E-state index contributed by atoms with van der Waals surface area (Å²) < 4.78 is 33.1. The van der Waals surface area contributed by atoms with E-state index in [0.717, 1.165) is 26.2 Å². The van der Waals surface area contributed by atoms with Crippen LogP contribution in [0.15, 0.2) is 0 Å². The van der Waals surface area contributed by atoms with Crippen LogP contribution in [0.5, 0.6) is 0 Å². The molecular formula is C16H24F2N2O3. The third-order valence-electron chi connectivity index (χ3n) is 5.72. The van der Waals surface area contributed by atoms with Gasteiger partial charge in [0.2, 0.25) is 11.8 Å². The maximum absolute atomic E-state index is 13.7. The van der Waals surface area contributed by atoms with Gasteiger partial charge in [-0.2, -0.15) is 0 Å². The number of piperidine rings is 1. The Morgan fingerprint density at radius 3 is 2.22 bits per heavy atom. The molecule has 1 aliphatic carbocycles. The van der Waals surface area contributed by atoms with Gasteiger partial charge in [-0.1, -0.05) is 0 Å². The number of carbonyl (C=O) groups is 2. The molecule has 2 N–H and O–H groups in total. The van der Waals surface area contributed by atoms with E-state index in [9.17, 15) is 18.4 Å². The van der Waals surface area contributed by atoms with Gasteiger partial charge in [-0.3, -0.25) is 9.59 Å². The maximum atomic E-state index is 13.7. The number of hydrogen-bond donors (Lipinski definition) is 1. The van der Waals surface area contributed by atoms with Crippen molar-refractivity contribution >= 4 is 11.8 Å². The highest BCUT2D eigenvalue weighted by molar-refractivity contribution is 5.86. The standard InChI is InChI=1S/C16H24F2N2O3/c1-15(17,18)16(6-7-16)14(22)20-8-4-10(5-9-20)11-2-3-12(23-11)13(19)21/h10-12H,2-9H2,1H3,(H2,19,21)/t11-,12+/m0/s1. The first-order chi connectivity index (χ1) is 10.7. The summed E-state index contributed by atoms with van der Waals surface area (Å²) in [6.45, 7) is 1.83. The van der Waals surface area contributed by atoms with Gasteiger partial charge in [0.25, 0.3) is 5.92 Å². The average Bonchev–Trinajstić information content (AvgIpc) is 3.17. The molecule has 0 aromatic heterocycles. The van der Waals surface area contributed by atoms with Crippen LogP contribution in [0.2, 0.25) is 0 Å². The van der Waals surface area contributed by atoms with Gasteiger partial charge in [0.05, 0.1) is 6.10 Å². The summed E-state index contributed by atoms with van der Waals surface area (Å²) in [6.07, 6.45) is 2.94. The molecule has 3 aliphatic rings. The van der Waals surface area contributed by atoms with Gasteiger partial charge in [-0.25, -0.2) is 8.78 Å². The minimum Gasteiger partial charge on any atom is -0.367 e. The first-order valence-electron chi connectivity index (χ1n) is 8.36. The Bertz CT molecular complexity index is 494. The number of hydrogen-bond acceptors (Lipinski definition) is 3. The Labute approximate surface area is 134 Å². The number of carbonyl (C=O) groups excluding carboxylic acids is 2. The van der Waals surface area contributed by atoms with Crippen LogP contribution >= 0.6 is 0 Å². The van der Waals surface area contributed by atoms with Gasteiger partial charge >= 0.3 is 0 Å². The van der Waals surface area contributed by atoms with Gasteiger partial charge in [-0.15, -0.1) is 0 Å². The lowest BCUT2D eigenvalue weighted by molar-refractivity contribution is -0.154. The van der Waals surface area contributed by atoms with Crippen molar-refractivity contribution in [1.29, 1.82) is 0 Å². The fraction of sp³-hybridized carbons (Fsp3) is 0.875. The van der Waals surface area contributed by atoms with E-state index in [1.807, 2.05) is 0 Å². The van der Waals surface area contributed by atoms with Crippen molar-refractivity contribution in [3.05, 3.63) is 0 Å². The van der Waals surface area contributed by atoms with Gasteiger partial charge in [0, 0.05) is 20.0 Å². The van der Waals surface area contributed by atoms with Crippen molar-refractivity contribution in [3.63, 3.8) is 0 Å². The molecule has 1 saturated carbocycles. The van der Waals surface area contributed by atoms with E-state index in [0.29, 0.717) is 19.5 Å². The van der Waals surface area contributed by atoms with Crippen LogP contribution < -0.4 is 5.73 Å². The molecule has 3 fully saturated rings. The Hall–Kier alpha value is -1.24. The molecule has 7 heteroatoms. The van der Waals surface area contributed by atoms with E-state index in [2.05, 4.69) is 0 Å². The first-order valence-corrected chi connectivity index (χ1v) is 8.36. The van der Waals surface area contributed by atoms with E-state index in [-0.39, 0.29) is 24.9 Å². The number of likely N-dealkylation sites (tertiary alicyclic amines) is 1. The number of ether oxygens (including phenoxy) is 1. The highest BCUT2D eigenvalue weighted by Crippen LogP contribution is 2.58. The SMILES string of the molecule is CC(F)(F)C1(C(=O)N2CCC([C@@H]3CC[C@H](C(N)=O)O3)CC2)CC1. The number of alkyl halides is 2. The van der Waals surface area contributed by atoms with Gasteiger partial charge < -0.3 is 15.4 Å². The summed E-state index contributed by atoms with van der Waals surface area (Å²) in [7, 11) is 0. The summed E-state index contributed by atoms with van der Waals surface area (Å²) in [5.41, 5.74) is 3.80. The molecule has 0 spiro atoms. The van der Waals surface area contributed by atoms with Gasteiger partial charge in [0.15, 0.2) is 0 Å². The van der Waals surface area contributed by atoms with Gasteiger partial charge in [0.1, 0.15) is 11.5 Å². The fourth-order valence-corrected chi connectivity index (χ4v) is 3.96. The fourth-order valence-electron chi connectivity index (χ4n) is 3.96. The number of halogens is 2. The summed E-state index contributed by atoms with van der Waals surface area (Å²) >= 11 is 0. The monoisotopic (exact) mass is 330 g/mol. The lowest BCUT2D eigenvalue weighted by Gasteiger charge is -2.37. The molecule has 5 nitrogen and oxygen atoms in total. The highest BCUT2D eigenvalue weighted by atomic mass is 19.3. The number of amides is 2. The molecule has 2 saturated heterocycles. The summed E-state index contributed by atoms with van der Waals surface area (Å²) in [4.78, 5) is 25.2. The second kappa shape index (κ2) is 5.69. The quantitative estimate of drug-likeness (QED) is 0.852. The molecule has 0 bridgehead atoms. The maximum Gasteiger partial charge on any atom is 0.259 e. The zero-order valence-electron chi connectivity index (χ0n) is 13.4. The number of rotatable bonds is 4. The zero-order chi connectivity index (χ0) is 16.8. The minimum absolute atomic E-state index is 0.00717. The van der Waals surface area contributed by atoms with Crippen LogP contribution in [0.1, 0.15) is 45.4 Å². The van der Waals surface area contributed by atoms with Crippen LogP contribution in [0.25, 0.3) is 0 Å². The molecule has 2 atom stereocenters. The lowest BCUT2D eigenvalue weighted by atomic mass is 9.88. The van der Waals surface area contributed by atoms with Crippen LogP contribution in [0.4, 0.5) is 8.78 Å². The van der Waals surface area contributed by atoms with E-state index in [1.165, 1.54) is 0 Å². The molecule has 0 radical (unpaired) electrons. The normalized spacial score (nSPS) is 31.2. The van der Waals surface area contributed by atoms with Crippen LogP contribution in [-0.2, 0) is 14.3 Å². The number of primary amides is 1. The largest absolute Gasteiger partial charge is 0.367 e. The van der Waals surface area contributed by atoms with Crippen molar-refractivity contribution in [2.75, 3.05) is 13.1 Å². The Balaban J connectivity index is 1.53. The van der Waals surface area contributed by atoms with Crippen molar-refractivity contribution in [3.8, 4) is 0 Å². The van der Waals surface area contributed by atoms with Crippen LogP contribution in [0.3, 0.4) is 0 Å². The highest BCUT2D eigenvalue weighted by Gasteiger charge is 2.65. The predicted octanol–water partition coefficient (Wildman–Crippen LogP) is 1.69. The molecule has 3 rings (SSSR count). The zero-order valence-corrected chi connectivity index (χ0v) is 13.4. The minimum atomic E-state index is -2.95. The molecule has 2 heterocycles. The average molecular weight is 330 g/mol. The Morgan fingerprint density at radius 1 is 1.17 bits per heavy atom. The molecular weight excluding hydrogens is 306 g/mol. The van der Waals surface area contributed by atoms with Crippen molar-refractivity contribution in [2.45, 2.75) is 63.6 Å². The van der Waals surface area contributed by atoms with Gasteiger partial charge in [-0.05, 0) is 44.4 Å². The predicted molar refractivity (Wildman–Crippen MR) is 78.7 cm³/mol. The van der Waals surface area contributed by atoms with E-state index >= 15 is 0 Å². The second-order valence-corrected chi connectivity index (χ2v) is 7.24. The summed E-state index contributed by atoms with van der Waals surface area (Å²) in [6, 6.07) is 0. The molecule has 130 valence electrons. The number of nitrogens with two attached hydrogens (primary N) is 1. The Morgan fingerprint density at radius 2 is 1.78 bits per heavy atom. The molecule has 23 heavy (non-hydrogen) atoms. The molecule has 0 aromatic rings. The molecule has 2 aliphatic heterocycles. The third-order valence-corrected chi connectivity index (χ3v) is 5.72. The lowest BCUT2D eigenvalue weighted by Crippen LogP contribution is -2.48. The smallest absolute Gasteiger partial charge is 0.259 e. The Kier molecular flexibility index (Phi) is 4.11. The molecule has 0 aromatic carbocycles. The van der Waals surface area contributed by atoms with E-state index < -0.39 is 29.3 Å². The summed E-state index contributed by atoms with van der Waals surface area (Å²) in [5.74, 6) is -3.52. The van der Waals surface area contributed by atoms with Crippen molar-refractivity contribution in [2.24, 2.45) is 17.1 Å². The third kappa shape index (κ3) is 2.95. The second-order valence-electron chi connectivity index (χ2n) is 7.24. The molecule has 2 amide bonds. The first kappa shape index (κ1) is 16.6.